The van der Waals surface area contributed by atoms with Gasteiger partial charge in [0.15, 0.2) is 0 Å². The van der Waals surface area contributed by atoms with Crippen molar-refractivity contribution in [3.8, 4) is 0 Å². The van der Waals surface area contributed by atoms with Gasteiger partial charge < -0.3 is 11.1 Å². The van der Waals surface area contributed by atoms with Gasteiger partial charge in [-0.15, -0.1) is 0 Å². The number of carbonyl (C=O) groups is 1. The number of thioether (sulfide) groups is 1. The summed E-state index contributed by atoms with van der Waals surface area (Å²) >= 11 is 1.74. The first kappa shape index (κ1) is 17.8. The summed E-state index contributed by atoms with van der Waals surface area (Å²) in [6.45, 7) is 7.82. The summed E-state index contributed by atoms with van der Waals surface area (Å²) in [6, 6.07) is -0.339. The van der Waals surface area contributed by atoms with E-state index >= 15 is 0 Å². The van der Waals surface area contributed by atoms with E-state index in [-0.39, 0.29) is 11.9 Å². The molecular formula is C16H32N2OS. The Balaban J connectivity index is 2.22. The molecule has 1 aliphatic rings. The Morgan fingerprint density at radius 3 is 2.40 bits per heavy atom. The third-order valence-electron chi connectivity index (χ3n) is 4.61. The number of hydrogen-bond donors (Lipinski definition) is 2. The summed E-state index contributed by atoms with van der Waals surface area (Å²) < 4.78 is 0. The maximum absolute atomic E-state index is 11.9. The van der Waals surface area contributed by atoms with Gasteiger partial charge in [-0.2, -0.15) is 11.8 Å². The van der Waals surface area contributed by atoms with Gasteiger partial charge in [0.05, 0.1) is 6.04 Å². The lowest BCUT2D eigenvalue weighted by Crippen LogP contribution is -2.43. The molecule has 0 aromatic heterocycles. The fourth-order valence-corrected chi connectivity index (χ4v) is 3.47. The van der Waals surface area contributed by atoms with Gasteiger partial charge in [0.25, 0.3) is 0 Å². The summed E-state index contributed by atoms with van der Waals surface area (Å²) in [7, 11) is 0. The molecule has 0 heterocycles. The van der Waals surface area contributed by atoms with Crippen LogP contribution < -0.4 is 11.1 Å². The van der Waals surface area contributed by atoms with Crippen molar-refractivity contribution in [2.45, 2.75) is 58.9 Å². The molecular weight excluding hydrogens is 268 g/mol. The normalized spacial score (nSPS) is 25.2. The van der Waals surface area contributed by atoms with Crippen LogP contribution in [0.2, 0.25) is 0 Å². The van der Waals surface area contributed by atoms with Crippen molar-refractivity contribution in [2.24, 2.45) is 23.0 Å². The van der Waals surface area contributed by atoms with Gasteiger partial charge >= 0.3 is 0 Å². The molecule has 0 radical (unpaired) electrons. The van der Waals surface area contributed by atoms with Crippen LogP contribution in [0, 0.1) is 17.3 Å². The Morgan fingerprint density at radius 1 is 1.30 bits per heavy atom. The number of rotatable bonds is 6. The molecule has 1 saturated carbocycles. The minimum Gasteiger partial charge on any atom is -0.354 e. The molecule has 1 amide bonds. The lowest BCUT2D eigenvalue weighted by Gasteiger charge is -2.37. The molecule has 0 spiro atoms. The van der Waals surface area contributed by atoms with E-state index in [1.54, 1.807) is 11.8 Å². The van der Waals surface area contributed by atoms with Crippen molar-refractivity contribution in [3.63, 3.8) is 0 Å². The fraction of sp³-hybridized carbons (Fsp3) is 0.938. The summed E-state index contributed by atoms with van der Waals surface area (Å²) in [5.41, 5.74) is 6.30. The topological polar surface area (TPSA) is 55.1 Å². The third kappa shape index (κ3) is 6.04. The Kier molecular flexibility index (Phi) is 7.38. The molecule has 1 rings (SSSR count). The van der Waals surface area contributed by atoms with Crippen LogP contribution in [0.3, 0.4) is 0 Å². The SMILES string of the molecule is CSCC[C@H](N)C(=O)NCC1CCC(C(C)(C)C)CC1. The number of carbonyl (C=O) groups excluding carboxylic acids is 1. The first-order chi connectivity index (χ1) is 9.34. The van der Waals surface area contributed by atoms with Crippen LogP contribution in [-0.2, 0) is 4.79 Å². The van der Waals surface area contributed by atoms with E-state index in [4.69, 9.17) is 5.73 Å². The second kappa shape index (κ2) is 8.28. The Morgan fingerprint density at radius 2 is 1.90 bits per heavy atom. The molecule has 0 aromatic rings. The highest BCUT2D eigenvalue weighted by Crippen LogP contribution is 2.39. The number of nitrogens with two attached hydrogens (primary N) is 1. The van der Waals surface area contributed by atoms with Gasteiger partial charge in [-0.05, 0) is 61.4 Å². The van der Waals surface area contributed by atoms with Crippen LogP contribution in [0.1, 0.15) is 52.9 Å². The van der Waals surface area contributed by atoms with E-state index in [9.17, 15) is 4.79 Å². The molecule has 20 heavy (non-hydrogen) atoms. The van der Waals surface area contributed by atoms with Gasteiger partial charge in [-0.1, -0.05) is 20.8 Å². The largest absolute Gasteiger partial charge is 0.354 e. The minimum atomic E-state index is -0.339. The van der Waals surface area contributed by atoms with Crippen molar-refractivity contribution in [1.29, 1.82) is 0 Å². The zero-order valence-electron chi connectivity index (χ0n) is 13.6. The van der Waals surface area contributed by atoms with Crippen LogP contribution in [0.25, 0.3) is 0 Å². The van der Waals surface area contributed by atoms with Crippen molar-refractivity contribution in [2.75, 3.05) is 18.6 Å². The maximum atomic E-state index is 11.9. The standard InChI is InChI=1S/C16H32N2OS/c1-16(2,3)13-7-5-12(6-8-13)11-18-15(19)14(17)9-10-20-4/h12-14H,5-11,17H2,1-4H3,(H,18,19)/t12?,13?,14-/m0/s1. The molecule has 0 bridgehead atoms. The summed E-state index contributed by atoms with van der Waals surface area (Å²) in [5, 5.41) is 3.04. The van der Waals surface area contributed by atoms with Crippen LogP contribution in [0.15, 0.2) is 0 Å². The zero-order valence-corrected chi connectivity index (χ0v) is 14.4. The maximum Gasteiger partial charge on any atom is 0.236 e. The lowest BCUT2D eigenvalue weighted by molar-refractivity contribution is -0.122. The van der Waals surface area contributed by atoms with Crippen molar-refractivity contribution < 1.29 is 4.79 Å². The first-order valence-corrected chi connectivity index (χ1v) is 9.26. The van der Waals surface area contributed by atoms with Crippen LogP contribution in [0.5, 0.6) is 0 Å². The average molecular weight is 301 g/mol. The first-order valence-electron chi connectivity index (χ1n) is 7.86. The highest BCUT2D eigenvalue weighted by molar-refractivity contribution is 7.98. The third-order valence-corrected chi connectivity index (χ3v) is 5.25. The quantitative estimate of drug-likeness (QED) is 0.793. The molecule has 0 aromatic carbocycles. The summed E-state index contributed by atoms with van der Waals surface area (Å²) in [6.07, 6.45) is 7.87. The Bertz CT molecular complexity index is 293. The monoisotopic (exact) mass is 300 g/mol. The van der Waals surface area contributed by atoms with Crippen LogP contribution in [0.4, 0.5) is 0 Å². The number of amides is 1. The highest BCUT2D eigenvalue weighted by atomic mass is 32.2. The second-order valence-corrected chi connectivity index (χ2v) is 8.20. The highest BCUT2D eigenvalue weighted by Gasteiger charge is 2.29. The smallest absolute Gasteiger partial charge is 0.236 e. The zero-order chi connectivity index (χ0) is 15.2. The molecule has 0 aliphatic heterocycles. The molecule has 3 nitrogen and oxygen atoms in total. The van der Waals surface area contributed by atoms with Gasteiger partial charge in [-0.25, -0.2) is 0 Å². The Labute approximate surface area is 128 Å². The van der Waals surface area contributed by atoms with E-state index in [2.05, 4.69) is 26.1 Å². The van der Waals surface area contributed by atoms with Gasteiger partial charge in [-0.3, -0.25) is 4.79 Å². The van der Waals surface area contributed by atoms with Crippen molar-refractivity contribution >= 4 is 17.7 Å². The molecule has 1 fully saturated rings. The van der Waals surface area contributed by atoms with E-state index < -0.39 is 0 Å². The lowest BCUT2D eigenvalue weighted by atomic mass is 9.70. The molecule has 118 valence electrons. The van der Waals surface area contributed by atoms with E-state index in [0.717, 1.165) is 24.6 Å². The summed E-state index contributed by atoms with van der Waals surface area (Å²) in [5.74, 6) is 2.45. The van der Waals surface area contributed by atoms with E-state index in [1.807, 2.05) is 6.26 Å². The predicted molar refractivity (Wildman–Crippen MR) is 88.9 cm³/mol. The molecule has 0 saturated heterocycles. The van der Waals surface area contributed by atoms with Crippen molar-refractivity contribution in [1.82, 2.24) is 5.32 Å². The molecule has 3 N–H and O–H groups in total. The molecule has 1 atom stereocenters. The minimum absolute atomic E-state index is 0.0250. The van der Waals surface area contributed by atoms with E-state index in [0.29, 0.717) is 11.3 Å². The number of hydrogen-bond acceptors (Lipinski definition) is 3. The van der Waals surface area contributed by atoms with Crippen molar-refractivity contribution in [3.05, 3.63) is 0 Å². The van der Waals surface area contributed by atoms with Gasteiger partial charge in [0.1, 0.15) is 0 Å². The van der Waals surface area contributed by atoms with E-state index in [1.165, 1.54) is 25.7 Å². The second-order valence-electron chi connectivity index (χ2n) is 7.22. The van der Waals surface area contributed by atoms with Gasteiger partial charge in [0, 0.05) is 6.54 Å². The van der Waals surface area contributed by atoms with Gasteiger partial charge in [0.2, 0.25) is 5.91 Å². The predicted octanol–water partition coefficient (Wildman–Crippen LogP) is 3.04. The molecule has 0 unspecified atom stereocenters. The van der Waals surface area contributed by atoms with Crippen LogP contribution >= 0.6 is 11.8 Å². The molecule has 4 heteroatoms. The molecule has 1 aliphatic carbocycles. The Hall–Kier alpha value is -0.220. The van der Waals surface area contributed by atoms with Crippen LogP contribution in [-0.4, -0.2) is 30.5 Å². The fourth-order valence-electron chi connectivity index (χ4n) is 2.98. The summed E-state index contributed by atoms with van der Waals surface area (Å²) in [4.78, 5) is 11.9. The average Bonchev–Trinajstić information content (AvgIpc) is 2.41. The number of nitrogens with one attached hydrogen (secondary N) is 1.